The second-order valence-corrected chi connectivity index (χ2v) is 8.35. The predicted molar refractivity (Wildman–Crippen MR) is 113 cm³/mol. The van der Waals surface area contributed by atoms with Gasteiger partial charge in [-0.1, -0.05) is 78.6 Å². The van der Waals surface area contributed by atoms with E-state index in [9.17, 15) is 9.59 Å². The molecule has 3 rings (SSSR count). The zero-order valence-corrected chi connectivity index (χ0v) is 16.9. The summed E-state index contributed by atoms with van der Waals surface area (Å²) < 4.78 is 0.815. The quantitative estimate of drug-likeness (QED) is 0.429. The normalized spacial score (nSPS) is 11.6. The van der Waals surface area contributed by atoms with E-state index in [2.05, 4.69) is 20.8 Å². The van der Waals surface area contributed by atoms with E-state index in [-0.39, 0.29) is 18.2 Å². The molecule has 3 aromatic rings. The molecule has 144 valence electrons. The van der Waals surface area contributed by atoms with Crippen LogP contribution in [0.4, 0.5) is 5.13 Å². The summed E-state index contributed by atoms with van der Waals surface area (Å²) in [6.45, 7) is 2.03. The Morgan fingerprint density at radius 3 is 2.39 bits per heavy atom. The van der Waals surface area contributed by atoms with Crippen LogP contribution in [0.25, 0.3) is 0 Å². The Morgan fingerprint density at radius 1 is 1.04 bits per heavy atom. The van der Waals surface area contributed by atoms with Crippen molar-refractivity contribution in [3.05, 3.63) is 71.8 Å². The second-order valence-electron chi connectivity index (χ2n) is 5.86. The topological polar surface area (TPSA) is 84.0 Å². The van der Waals surface area contributed by atoms with Crippen LogP contribution >= 0.6 is 23.1 Å². The van der Waals surface area contributed by atoms with E-state index < -0.39 is 6.04 Å². The molecule has 2 aromatic carbocycles. The highest BCUT2D eigenvalue weighted by Gasteiger charge is 2.20. The number of hydrogen-bond donors (Lipinski definition) is 2. The molecular weight excluding hydrogens is 392 g/mol. The summed E-state index contributed by atoms with van der Waals surface area (Å²) in [5, 5.41) is 14.2. The number of hydrogen-bond acceptors (Lipinski definition) is 6. The average Bonchev–Trinajstić information content (AvgIpc) is 3.16. The average molecular weight is 413 g/mol. The highest BCUT2D eigenvalue weighted by atomic mass is 32.2. The molecule has 0 saturated carbocycles. The molecule has 0 aliphatic heterocycles. The molecule has 1 heterocycles. The van der Waals surface area contributed by atoms with Crippen molar-refractivity contribution in [3.63, 3.8) is 0 Å². The first kappa shape index (κ1) is 20.0. The maximum Gasteiger partial charge on any atom is 0.251 e. The molecule has 0 saturated heterocycles. The van der Waals surface area contributed by atoms with E-state index in [0.29, 0.717) is 10.7 Å². The van der Waals surface area contributed by atoms with Crippen molar-refractivity contribution in [1.82, 2.24) is 15.5 Å². The molecule has 0 aliphatic carbocycles. The molecule has 8 heteroatoms. The number of anilines is 1. The van der Waals surface area contributed by atoms with Crippen LogP contribution < -0.4 is 10.6 Å². The van der Waals surface area contributed by atoms with Gasteiger partial charge in [0.25, 0.3) is 5.91 Å². The summed E-state index contributed by atoms with van der Waals surface area (Å²) in [6.07, 6.45) is 0.0957. The molecule has 6 nitrogen and oxygen atoms in total. The molecule has 0 aliphatic rings. The van der Waals surface area contributed by atoms with Gasteiger partial charge in [-0.25, -0.2) is 0 Å². The van der Waals surface area contributed by atoms with E-state index >= 15 is 0 Å². The number of thioether (sulfide) groups is 1. The van der Waals surface area contributed by atoms with Gasteiger partial charge in [-0.15, -0.1) is 10.2 Å². The van der Waals surface area contributed by atoms with Crippen molar-refractivity contribution in [2.45, 2.75) is 23.7 Å². The Balaban J connectivity index is 1.70. The number of rotatable bonds is 8. The minimum atomic E-state index is -0.452. The number of amides is 2. The van der Waals surface area contributed by atoms with Crippen molar-refractivity contribution in [3.8, 4) is 0 Å². The third-order valence-corrected chi connectivity index (χ3v) is 5.71. The van der Waals surface area contributed by atoms with Gasteiger partial charge in [-0.05, 0) is 23.4 Å². The number of benzene rings is 2. The maximum absolute atomic E-state index is 12.6. The van der Waals surface area contributed by atoms with Crippen LogP contribution in [0.3, 0.4) is 0 Å². The molecule has 0 fully saturated rings. The molecule has 28 heavy (non-hydrogen) atoms. The molecule has 1 atom stereocenters. The maximum atomic E-state index is 12.6. The molecule has 0 spiro atoms. The first-order valence-corrected chi connectivity index (χ1v) is 10.6. The minimum Gasteiger partial charge on any atom is -0.345 e. The van der Waals surface area contributed by atoms with Gasteiger partial charge in [0.15, 0.2) is 4.34 Å². The number of carbonyl (C=O) groups is 2. The molecule has 0 bridgehead atoms. The zero-order valence-electron chi connectivity index (χ0n) is 15.3. The van der Waals surface area contributed by atoms with Crippen LogP contribution in [0.2, 0.25) is 0 Å². The summed E-state index contributed by atoms with van der Waals surface area (Å²) in [6, 6.07) is 17.9. The lowest BCUT2D eigenvalue weighted by Gasteiger charge is -2.18. The van der Waals surface area contributed by atoms with Gasteiger partial charge in [-0.2, -0.15) is 0 Å². The van der Waals surface area contributed by atoms with Crippen LogP contribution in [-0.2, 0) is 4.79 Å². The summed E-state index contributed by atoms with van der Waals surface area (Å²) in [5.74, 6) is 0.440. The second kappa shape index (κ2) is 10.0. The number of carbonyl (C=O) groups excluding carboxylic acids is 2. The summed E-state index contributed by atoms with van der Waals surface area (Å²) in [7, 11) is 0. The fourth-order valence-electron chi connectivity index (χ4n) is 2.57. The lowest BCUT2D eigenvalue weighted by molar-refractivity contribution is -0.116. The van der Waals surface area contributed by atoms with Crippen LogP contribution in [-0.4, -0.2) is 27.8 Å². The van der Waals surface area contributed by atoms with E-state index in [1.165, 1.54) is 11.3 Å². The standard InChI is InChI=1S/C20H20N4O2S2/c1-2-27-20-24-23-19(28-20)22-17(25)13-16(14-9-5-3-6-10-14)21-18(26)15-11-7-4-8-12-15/h3-12,16H,2,13H2,1H3,(H,21,26)(H,22,23,25)/t16-/m1/s1. The lowest BCUT2D eigenvalue weighted by Crippen LogP contribution is -2.31. The molecule has 1 aromatic heterocycles. The molecule has 2 amide bonds. The molecule has 0 unspecified atom stereocenters. The summed E-state index contributed by atoms with van der Waals surface area (Å²) >= 11 is 2.92. The van der Waals surface area contributed by atoms with Crippen LogP contribution in [0, 0.1) is 0 Å². The van der Waals surface area contributed by atoms with Gasteiger partial charge in [0, 0.05) is 5.56 Å². The van der Waals surface area contributed by atoms with Gasteiger partial charge in [0.05, 0.1) is 12.5 Å². The third-order valence-electron chi connectivity index (χ3n) is 3.85. The summed E-state index contributed by atoms with van der Waals surface area (Å²) in [5.41, 5.74) is 1.41. The van der Waals surface area contributed by atoms with Gasteiger partial charge in [0.2, 0.25) is 11.0 Å². The minimum absolute atomic E-state index is 0.0957. The van der Waals surface area contributed by atoms with Crippen LogP contribution in [0.1, 0.15) is 35.3 Å². The van der Waals surface area contributed by atoms with Crippen molar-refractivity contribution >= 4 is 40.0 Å². The Hall–Kier alpha value is -2.71. The Bertz CT molecular complexity index is 916. The highest BCUT2D eigenvalue weighted by molar-refractivity contribution is 8.01. The Morgan fingerprint density at radius 2 is 1.71 bits per heavy atom. The number of nitrogens with one attached hydrogen (secondary N) is 2. The van der Waals surface area contributed by atoms with Crippen LogP contribution in [0.15, 0.2) is 65.0 Å². The number of nitrogens with zero attached hydrogens (tertiary/aromatic N) is 2. The predicted octanol–water partition coefficient (Wildman–Crippen LogP) is 4.15. The smallest absolute Gasteiger partial charge is 0.251 e. The van der Waals surface area contributed by atoms with E-state index in [4.69, 9.17) is 0 Å². The fraction of sp³-hybridized carbons (Fsp3) is 0.200. The van der Waals surface area contributed by atoms with E-state index in [0.717, 1.165) is 15.7 Å². The first-order valence-electron chi connectivity index (χ1n) is 8.82. The Kier molecular flexibility index (Phi) is 7.16. The van der Waals surface area contributed by atoms with Gasteiger partial charge >= 0.3 is 0 Å². The van der Waals surface area contributed by atoms with Gasteiger partial charge in [0.1, 0.15) is 0 Å². The van der Waals surface area contributed by atoms with Gasteiger partial charge in [-0.3, -0.25) is 9.59 Å². The number of aromatic nitrogens is 2. The highest BCUT2D eigenvalue weighted by Crippen LogP contribution is 2.26. The molecule has 0 radical (unpaired) electrons. The zero-order chi connectivity index (χ0) is 19.8. The van der Waals surface area contributed by atoms with E-state index in [1.54, 1.807) is 36.0 Å². The van der Waals surface area contributed by atoms with Gasteiger partial charge < -0.3 is 10.6 Å². The SMILES string of the molecule is CCSc1nnc(NC(=O)C[C@@H](NC(=O)c2ccccc2)c2ccccc2)s1. The summed E-state index contributed by atoms with van der Waals surface area (Å²) in [4.78, 5) is 25.1. The largest absolute Gasteiger partial charge is 0.345 e. The monoisotopic (exact) mass is 412 g/mol. The van der Waals surface area contributed by atoms with Crippen molar-refractivity contribution in [2.75, 3.05) is 11.1 Å². The van der Waals surface area contributed by atoms with Crippen molar-refractivity contribution in [2.24, 2.45) is 0 Å². The van der Waals surface area contributed by atoms with Crippen molar-refractivity contribution in [1.29, 1.82) is 0 Å². The third kappa shape index (κ3) is 5.64. The van der Waals surface area contributed by atoms with Crippen molar-refractivity contribution < 1.29 is 9.59 Å². The fourth-order valence-corrected chi connectivity index (χ4v) is 4.23. The molecular formula is C20H20N4O2S2. The first-order chi connectivity index (χ1) is 13.7. The Labute approximate surface area is 171 Å². The molecule has 2 N–H and O–H groups in total. The van der Waals surface area contributed by atoms with Crippen LogP contribution in [0.5, 0.6) is 0 Å². The van der Waals surface area contributed by atoms with E-state index in [1.807, 2.05) is 43.3 Å². The lowest BCUT2D eigenvalue weighted by atomic mass is 10.0.